The van der Waals surface area contributed by atoms with Gasteiger partial charge in [0, 0.05) is 38.1 Å². The molecule has 4 rings (SSSR count). The van der Waals surface area contributed by atoms with E-state index >= 15 is 0 Å². The molecular weight excluding hydrogens is 368 g/mol. The van der Waals surface area contributed by atoms with Gasteiger partial charge >= 0.3 is 0 Å². The van der Waals surface area contributed by atoms with Crippen LogP contribution in [0.3, 0.4) is 0 Å². The van der Waals surface area contributed by atoms with Gasteiger partial charge in [0.1, 0.15) is 11.5 Å². The first kappa shape index (κ1) is 18.1. The van der Waals surface area contributed by atoms with Gasteiger partial charge in [0.2, 0.25) is 5.88 Å². The van der Waals surface area contributed by atoms with Gasteiger partial charge in [-0.05, 0) is 6.07 Å². The first-order valence-electron chi connectivity index (χ1n) is 8.76. The lowest BCUT2D eigenvalue weighted by atomic mass is 10.1. The monoisotopic (exact) mass is 387 g/mol. The second-order valence-corrected chi connectivity index (χ2v) is 6.53. The first-order valence-corrected chi connectivity index (χ1v) is 8.76. The van der Waals surface area contributed by atoms with Crippen LogP contribution < -0.4 is 15.4 Å². The molecular formula is C18H19F2N7O. The van der Waals surface area contributed by atoms with Crippen molar-refractivity contribution in [3.05, 3.63) is 36.8 Å². The third-order valence-corrected chi connectivity index (χ3v) is 4.62. The number of piperidine rings is 1. The molecule has 0 radical (unpaired) electrons. The molecule has 28 heavy (non-hydrogen) atoms. The van der Waals surface area contributed by atoms with Gasteiger partial charge < -0.3 is 15.4 Å². The Kier molecular flexibility index (Phi) is 4.54. The Morgan fingerprint density at radius 1 is 1.07 bits per heavy atom. The number of ether oxygens (including phenoxy) is 1. The minimum absolute atomic E-state index is 0.193. The Balaban J connectivity index is 1.74. The van der Waals surface area contributed by atoms with E-state index in [0.717, 1.165) is 0 Å². The molecule has 1 fully saturated rings. The maximum Gasteiger partial charge on any atom is 0.251 e. The van der Waals surface area contributed by atoms with Crippen molar-refractivity contribution in [3.63, 3.8) is 0 Å². The Labute approximate surface area is 160 Å². The van der Waals surface area contributed by atoms with E-state index in [1.165, 1.54) is 13.3 Å². The third-order valence-electron chi connectivity index (χ3n) is 4.62. The van der Waals surface area contributed by atoms with E-state index in [2.05, 4.69) is 20.1 Å². The molecule has 0 saturated carbocycles. The standard InChI is InChI=1S/C18H19F2N7O/c1-28-17-3-2-12(9-24-17)27-14(13-10-23-15(21)11-22-13)8-16(25-27)26-6-4-18(19,20)5-7-26/h2-3,8-11H,4-7H2,1H3,(H2,21,23). The molecule has 3 aromatic heterocycles. The summed E-state index contributed by atoms with van der Waals surface area (Å²) in [5.74, 6) is -1.24. The maximum absolute atomic E-state index is 13.5. The molecule has 0 atom stereocenters. The molecule has 8 nitrogen and oxygen atoms in total. The van der Waals surface area contributed by atoms with Crippen LogP contribution in [-0.2, 0) is 0 Å². The van der Waals surface area contributed by atoms with Gasteiger partial charge in [-0.1, -0.05) is 0 Å². The number of halogens is 2. The smallest absolute Gasteiger partial charge is 0.251 e. The van der Waals surface area contributed by atoms with E-state index in [-0.39, 0.29) is 25.9 Å². The zero-order chi connectivity index (χ0) is 19.7. The van der Waals surface area contributed by atoms with E-state index in [9.17, 15) is 8.78 Å². The number of alkyl halides is 2. The van der Waals surface area contributed by atoms with E-state index in [0.29, 0.717) is 34.6 Å². The summed E-state index contributed by atoms with van der Waals surface area (Å²) in [4.78, 5) is 14.5. The molecule has 0 unspecified atom stereocenters. The lowest BCUT2D eigenvalue weighted by Crippen LogP contribution is -2.39. The Morgan fingerprint density at radius 2 is 1.86 bits per heavy atom. The van der Waals surface area contributed by atoms with Crippen LogP contribution in [0.25, 0.3) is 17.1 Å². The fraction of sp³-hybridized carbons (Fsp3) is 0.333. The van der Waals surface area contributed by atoms with Gasteiger partial charge in [-0.15, -0.1) is 5.10 Å². The van der Waals surface area contributed by atoms with Crippen LogP contribution >= 0.6 is 0 Å². The predicted molar refractivity (Wildman–Crippen MR) is 99.7 cm³/mol. The summed E-state index contributed by atoms with van der Waals surface area (Å²) in [7, 11) is 1.54. The molecule has 10 heteroatoms. The van der Waals surface area contributed by atoms with Crippen molar-refractivity contribution in [2.75, 3.05) is 30.8 Å². The summed E-state index contributed by atoms with van der Waals surface area (Å²) in [6.45, 7) is 0.468. The summed E-state index contributed by atoms with van der Waals surface area (Å²) in [6, 6.07) is 5.34. The van der Waals surface area contributed by atoms with Crippen molar-refractivity contribution in [1.29, 1.82) is 0 Å². The molecule has 0 spiro atoms. The number of methoxy groups -OCH3 is 1. The molecule has 2 N–H and O–H groups in total. The molecule has 1 saturated heterocycles. The number of rotatable bonds is 4. The molecule has 146 valence electrons. The minimum atomic E-state index is -2.62. The van der Waals surface area contributed by atoms with Crippen molar-refractivity contribution in [2.45, 2.75) is 18.8 Å². The van der Waals surface area contributed by atoms with Crippen molar-refractivity contribution in [1.82, 2.24) is 24.7 Å². The van der Waals surface area contributed by atoms with Gasteiger partial charge in [-0.25, -0.2) is 28.4 Å². The maximum atomic E-state index is 13.5. The van der Waals surface area contributed by atoms with Crippen LogP contribution in [0.5, 0.6) is 5.88 Å². The molecule has 1 aliphatic rings. The van der Waals surface area contributed by atoms with Crippen LogP contribution in [0.1, 0.15) is 12.8 Å². The highest BCUT2D eigenvalue weighted by Crippen LogP contribution is 2.32. The summed E-state index contributed by atoms with van der Waals surface area (Å²) >= 11 is 0. The van der Waals surface area contributed by atoms with Crippen LogP contribution in [0.15, 0.2) is 36.8 Å². The number of nitrogens with zero attached hydrogens (tertiary/aromatic N) is 6. The fourth-order valence-corrected chi connectivity index (χ4v) is 3.05. The number of hydrogen-bond acceptors (Lipinski definition) is 7. The largest absolute Gasteiger partial charge is 0.481 e. The summed E-state index contributed by atoms with van der Waals surface area (Å²) < 4.78 is 33.8. The van der Waals surface area contributed by atoms with Crippen molar-refractivity contribution in [2.24, 2.45) is 0 Å². The second kappa shape index (κ2) is 7.02. The number of hydrogen-bond donors (Lipinski definition) is 1. The summed E-state index contributed by atoms with van der Waals surface area (Å²) in [6.07, 6.45) is 4.24. The lowest BCUT2D eigenvalue weighted by Gasteiger charge is -2.31. The number of aromatic nitrogens is 5. The minimum Gasteiger partial charge on any atom is -0.481 e. The van der Waals surface area contributed by atoms with Crippen LogP contribution in [0.4, 0.5) is 20.4 Å². The number of anilines is 2. The summed E-state index contributed by atoms with van der Waals surface area (Å²) in [5, 5.41) is 4.62. The van der Waals surface area contributed by atoms with E-state index in [1.54, 1.807) is 29.2 Å². The number of nitrogens with two attached hydrogens (primary N) is 1. The molecule has 0 amide bonds. The van der Waals surface area contributed by atoms with Gasteiger partial charge in [-0.2, -0.15) is 0 Å². The Hall–Kier alpha value is -3.30. The van der Waals surface area contributed by atoms with Gasteiger partial charge in [0.15, 0.2) is 5.82 Å². The third kappa shape index (κ3) is 3.57. The van der Waals surface area contributed by atoms with Crippen LogP contribution in [0, 0.1) is 0 Å². The van der Waals surface area contributed by atoms with Gasteiger partial charge in [0.25, 0.3) is 5.92 Å². The van der Waals surface area contributed by atoms with Crippen LogP contribution in [0.2, 0.25) is 0 Å². The Morgan fingerprint density at radius 3 is 2.46 bits per heavy atom. The highest BCUT2D eigenvalue weighted by molar-refractivity contribution is 5.63. The highest BCUT2D eigenvalue weighted by Gasteiger charge is 2.35. The average molecular weight is 387 g/mol. The number of nitrogen functional groups attached to an aromatic ring is 1. The SMILES string of the molecule is COc1ccc(-n2nc(N3CCC(F)(F)CC3)cc2-c2cnc(N)cn2)cn1. The number of pyridine rings is 1. The first-order chi connectivity index (χ1) is 13.4. The zero-order valence-corrected chi connectivity index (χ0v) is 15.2. The quantitative estimate of drug-likeness (QED) is 0.735. The molecule has 4 heterocycles. The lowest BCUT2D eigenvalue weighted by molar-refractivity contribution is -0.0221. The van der Waals surface area contributed by atoms with Gasteiger partial charge in [0.05, 0.1) is 37.1 Å². The average Bonchev–Trinajstić information content (AvgIpc) is 3.14. The van der Waals surface area contributed by atoms with E-state index < -0.39 is 5.92 Å². The van der Waals surface area contributed by atoms with Gasteiger partial charge in [-0.3, -0.25) is 0 Å². The normalized spacial score (nSPS) is 16.2. The molecule has 0 aliphatic carbocycles. The topological polar surface area (TPSA) is 95.0 Å². The highest BCUT2D eigenvalue weighted by atomic mass is 19.3. The predicted octanol–water partition coefficient (Wildman–Crippen LogP) is 2.55. The molecule has 3 aromatic rings. The van der Waals surface area contributed by atoms with Crippen molar-refractivity contribution >= 4 is 11.6 Å². The van der Waals surface area contributed by atoms with Crippen LogP contribution in [-0.4, -0.2) is 50.9 Å². The van der Waals surface area contributed by atoms with Crippen molar-refractivity contribution < 1.29 is 13.5 Å². The Bertz CT molecular complexity index is 947. The molecule has 0 aromatic carbocycles. The fourth-order valence-electron chi connectivity index (χ4n) is 3.05. The van der Waals surface area contributed by atoms with E-state index in [1.807, 2.05) is 11.0 Å². The molecule has 0 bridgehead atoms. The second-order valence-electron chi connectivity index (χ2n) is 6.53. The van der Waals surface area contributed by atoms with Crippen molar-refractivity contribution in [3.8, 4) is 23.0 Å². The van der Waals surface area contributed by atoms with E-state index in [4.69, 9.17) is 10.5 Å². The summed E-state index contributed by atoms with van der Waals surface area (Å²) in [5.41, 5.74) is 7.54. The molecule has 1 aliphatic heterocycles. The zero-order valence-electron chi connectivity index (χ0n) is 15.2.